The van der Waals surface area contributed by atoms with Crippen molar-refractivity contribution in [3.63, 3.8) is 0 Å². The zero-order valence-electron chi connectivity index (χ0n) is 15.0. The van der Waals surface area contributed by atoms with Gasteiger partial charge < -0.3 is 11.1 Å². The monoisotopic (exact) mass is 370 g/mol. The highest BCUT2D eigenvalue weighted by Gasteiger charge is 2.20. The fourth-order valence-electron chi connectivity index (χ4n) is 3.09. The van der Waals surface area contributed by atoms with Crippen LogP contribution in [0.5, 0.6) is 0 Å². The summed E-state index contributed by atoms with van der Waals surface area (Å²) >= 11 is 0. The molecule has 28 heavy (non-hydrogen) atoms. The van der Waals surface area contributed by atoms with Crippen molar-refractivity contribution in [1.29, 1.82) is 0 Å². The maximum absolute atomic E-state index is 12.6. The van der Waals surface area contributed by atoms with E-state index in [1.165, 1.54) is 6.20 Å². The Morgan fingerprint density at radius 1 is 0.929 bits per heavy atom. The van der Waals surface area contributed by atoms with E-state index in [0.717, 1.165) is 21.8 Å². The van der Waals surface area contributed by atoms with E-state index in [2.05, 4.69) is 15.3 Å². The molecule has 1 atom stereocenters. The van der Waals surface area contributed by atoms with Crippen LogP contribution in [0.25, 0.3) is 21.8 Å². The lowest BCUT2D eigenvalue weighted by atomic mass is 10.1. The van der Waals surface area contributed by atoms with Crippen molar-refractivity contribution in [2.24, 2.45) is 5.73 Å². The lowest BCUT2D eigenvalue weighted by Gasteiger charge is -2.15. The molecule has 4 rings (SSSR count). The fourth-order valence-corrected chi connectivity index (χ4v) is 3.09. The standard InChI is InChI=1S/C22H18N4O2/c23-21(27)20(12-17-10-9-14-5-1-4-8-19(14)25-17)26-22(28)16-11-15-6-2-3-7-18(15)24-13-16/h1-11,13,20H,12H2,(H2,23,27)(H,26,28)/t20-/m1/s1. The molecule has 4 aromatic rings. The number of hydrogen-bond acceptors (Lipinski definition) is 4. The maximum atomic E-state index is 12.6. The van der Waals surface area contributed by atoms with E-state index in [1.54, 1.807) is 6.07 Å². The minimum absolute atomic E-state index is 0.215. The Morgan fingerprint density at radius 2 is 1.64 bits per heavy atom. The number of carbonyl (C=O) groups excluding carboxylic acids is 2. The molecule has 0 aliphatic rings. The van der Waals surface area contributed by atoms with E-state index in [4.69, 9.17) is 5.73 Å². The van der Waals surface area contributed by atoms with Crippen molar-refractivity contribution >= 4 is 33.6 Å². The van der Waals surface area contributed by atoms with Crippen LogP contribution in [0.4, 0.5) is 0 Å². The average Bonchev–Trinajstić information content (AvgIpc) is 2.72. The number of carbonyl (C=O) groups is 2. The smallest absolute Gasteiger partial charge is 0.253 e. The minimum Gasteiger partial charge on any atom is -0.368 e. The number of para-hydroxylation sites is 2. The summed E-state index contributed by atoms with van der Waals surface area (Å²) in [7, 11) is 0. The van der Waals surface area contributed by atoms with Crippen LogP contribution in [0.15, 0.2) is 72.9 Å². The van der Waals surface area contributed by atoms with Crippen LogP contribution < -0.4 is 11.1 Å². The normalized spacial score (nSPS) is 12.0. The van der Waals surface area contributed by atoms with Crippen molar-refractivity contribution in [1.82, 2.24) is 15.3 Å². The predicted molar refractivity (Wildman–Crippen MR) is 108 cm³/mol. The summed E-state index contributed by atoms with van der Waals surface area (Å²) in [4.78, 5) is 33.4. The molecule has 6 heteroatoms. The SMILES string of the molecule is NC(=O)[C@@H](Cc1ccc2ccccc2n1)NC(=O)c1cnc2ccccc2c1. The highest BCUT2D eigenvalue weighted by atomic mass is 16.2. The number of pyridine rings is 2. The number of fused-ring (bicyclic) bond motifs is 2. The quantitative estimate of drug-likeness (QED) is 0.564. The van der Waals surface area contributed by atoms with Crippen LogP contribution in [0, 0.1) is 0 Å². The topological polar surface area (TPSA) is 98.0 Å². The lowest BCUT2D eigenvalue weighted by Crippen LogP contribution is -2.46. The van der Waals surface area contributed by atoms with Crippen molar-refractivity contribution in [2.75, 3.05) is 0 Å². The number of nitrogens with one attached hydrogen (secondary N) is 1. The molecule has 0 unspecified atom stereocenters. The van der Waals surface area contributed by atoms with E-state index in [9.17, 15) is 9.59 Å². The van der Waals surface area contributed by atoms with E-state index in [-0.39, 0.29) is 6.42 Å². The molecule has 0 fully saturated rings. The van der Waals surface area contributed by atoms with Gasteiger partial charge in [-0.3, -0.25) is 19.6 Å². The molecule has 0 spiro atoms. The van der Waals surface area contributed by atoms with Gasteiger partial charge in [0, 0.05) is 29.1 Å². The van der Waals surface area contributed by atoms with Gasteiger partial charge in [-0.15, -0.1) is 0 Å². The Balaban J connectivity index is 1.55. The first-order valence-electron chi connectivity index (χ1n) is 8.90. The van der Waals surface area contributed by atoms with E-state index >= 15 is 0 Å². The Kier molecular flexibility index (Phi) is 4.68. The molecule has 0 bridgehead atoms. The van der Waals surface area contributed by atoms with Gasteiger partial charge in [0.25, 0.3) is 5.91 Å². The predicted octanol–water partition coefficient (Wildman–Crippen LogP) is 2.61. The summed E-state index contributed by atoms with van der Waals surface area (Å²) in [6, 6.07) is 19.9. The Hall–Kier alpha value is -3.80. The number of nitrogens with two attached hydrogens (primary N) is 1. The first kappa shape index (κ1) is 17.6. The maximum Gasteiger partial charge on any atom is 0.253 e. The summed E-state index contributed by atoms with van der Waals surface area (Å²) < 4.78 is 0. The number of benzene rings is 2. The van der Waals surface area contributed by atoms with Crippen LogP contribution in [0.1, 0.15) is 16.1 Å². The van der Waals surface area contributed by atoms with Crippen LogP contribution in [0.3, 0.4) is 0 Å². The van der Waals surface area contributed by atoms with Crippen molar-refractivity contribution < 1.29 is 9.59 Å². The Bertz CT molecular complexity index is 1190. The Labute approximate surface area is 161 Å². The van der Waals surface area contributed by atoms with Gasteiger partial charge in [0.15, 0.2) is 0 Å². The van der Waals surface area contributed by atoms with Gasteiger partial charge in [0.1, 0.15) is 6.04 Å². The molecule has 3 N–H and O–H groups in total. The third-order valence-corrected chi connectivity index (χ3v) is 4.57. The molecule has 2 heterocycles. The first-order valence-corrected chi connectivity index (χ1v) is 8.90. The average molecular weight is 370 g/mol. The highest BCUT2D eigenvalue weighted by Crippen LogP contribution is 2.14. The van der Waals surface area contributed by atoms with Gasteiger partial charge in [0.05, 0.1) is 16.6 Å². The molecular weight excluding hydrogens is 352 g/mol. The Morgan fingerprint density at radius 3 is 2.43 bits per heavy atom. The second-order valence-corrected chi connectivity index (χ2v) is 6.54. The second-order valence-electron chi connectivity index (χ2n) is 6.54. The number of amides is 2. The zero-order chi connectivity index (χ0) is 19.5. The van der Waals surface area contributed by atoms with Gasteiger partial charge >= 0.3 is 0 Å². The third-order valence-electron chi connectivity index (χ3n) is 4.57. The van der Waals surface area contributed by atoms with Gasteiger partial charge in [-0.2, -0.15) is 0 Å². The highest BCUT2D eigenvalue weighted by molar-refractivity contribution is 5.99. The van der Waals surface area contributed by atoms with Gasteiger partial charge in [0.2, 0.25) is 5.91 Å². The van der Waals surface area contributed by atoms with Crippen LogP contribution in [-0.2, 0) is 11.2 Å². The van der Waals surface area contributed by atoms with Crippen molar-refractivity contribution in [3.05, 3.63) is 84.2 Å². The van der Waals surface area contributed by atoms with Crippen LogP contribution in [0.2, 0.25) is 0 Å². The largest absolute Gasteiger partial charge is 0.368 e. The first-order chi connectivity index (χ1) is 13.6. The van der Waals surface area contributed by atoms with E-state index in [1.807, 2.05) is 60.7 Å². The number of hydrogen-bond donors (Lipinski definition) is 2. The summed E-state index contributed by atoms with van der Waals surface area (Å²) in [6.45, 7) is 0. The van der Waals surface area contributed by atoms with Crippen LogP contribution >= 0.6 is 0 Å². The van der Waals surface area contributed by atoms with Crippen LogP contribution in [-0.4, -0.2) is 27.8 Å². The van der Waals surface area contributed by atoms with Gasteiger partial charge in [-0.1, -0.05) is 42.5 Å². The minimum atomic E-state index is -0.868. The summed E-state index contributed by atoms with van der Waals surface area (Å²) in [5, 5.41) is 4.56. The molecule has 0 aliphatic carbocycles. The molecule has 0 saturated carbocycles. The number of rotatable bonds is 5. The number of aromatic nitrogens is 2. The van der Waals surface area contributed by atoms with E-state index in [0.29, 0.717) is 11.3 Å². The van der Waals surface area contributed by atoms with Crippen molar-refractivity contribution in [2.45, 2.75) is 12.5 Å². The molecule has 2 aromatic heterocycles. The van der Waals surface area contributed by atoms with Crippen molar-refractivity contribution in [3.8, 4) is 0 Å². The summed E-state index contributed by atoms with van der Waals surface area (Å²) in [5.74, 6) is -1.01. The molecule has 2 amide bonds. The molecular formula is C22H18N4O2. The molecule has 0 saturated heterocycles. The molecule has 0 radical (unpaired) electrons. The summed E-state index contributed by atoms with van der Waals surface area (Å²) in [5.41, 5.74) is 8.19. The molecule has 138 valence electrons. The molecule has 2 aromatic carbocycles. The zero-order valence-corrected chi connectivity index (χ0v) is 15.0. The third kappa shape index (κ3) is 3.66. The lowest BCUT2D eigenvalue weighted by molar-refractivity contribution is -0.119. The molecule has 6 nitrogen and oxygen atoms in total. The number of primary amides is 1. The number of nitrogens with zero attached hydrogens (tertiary/aromatic N) is 2. The second kappa shape index (κ2) is 7.44. The van der Waals surface area contributed by atoms with Gasteiger partial charge in [-0.25, -0.2) is 0 Å². The fraction of sp³-hybridized carbons (Fsp3) is 0.0909. The van der Waals surface area contributed by atoms with Gasteiger partial charge in [-0.05, 0) is 24.3 Å². The van der Waals surface area contributed by atoms with E-state index < -0.39 is 17.9 Å². The summed E-state index contributed by atoms with van der Waals surface area (Å²) in [6.07, 6.45) is 1.71. The molecule has 0 aliphatic heterocycles.